The van der Waals surface area contributed by atoms with Gasteiger partial charge in [-0.2, -0.15) is 4.98 Å². The van der Waals surface area contributed by atoms with Gasteiger partial charge in [0, 0.05) is 12.6 Å². The fraction of sp³-hybridized carbons (Fsp3) is 0.500. The molecule has 1 aliphatic rings. The second-order valence-electron chi connectivity index (χ2n) is 5.61. The van der Waals surface area contributed by atoms with Crippen LogP contribution in [-0.2, 0) is 19.5 Å². The highest BCUT2D eigenvalue weighted by molar-refractivity contribution is 5.32. The van der Waals surface area contributed by atoms with E-state index >= 15 is 0 Å². The summed E-state index contributed by atoms with van der Waals surface area (Å²) in [6.45, 7) is 1.51. The number of aliphatic hydroxyl groups is 1. The fourth-order valence-corrected chi connectivity index (χ4v) is 3.20. The zero-order valence-electron chi connectivity index (χ0n) is 12.6. The first-order chi connectivity index (χ1) is 10.8. The summed E-state index contributed by atoms with van der Waals surface area (Å²) in [5.41, 5.74) is 8.26. The molecule has 6 heteroatoms. The number of rotatable bonds is 6. The van der Waals surface area contributed by atoms with Gasteiger partial charge in [0.2, 0.25) is 5.89 Å². The third kappa shape index (κ3) is 3.19. The molecule has 1 atom stereocenters. The van der Waals surface area contributed by atoms with Crippen LogP contribution >= 0.6 is 0 Å². The highest BCUT2D eigenvalue weighted by Gasteiger charge is 2.26. The lowest BCUT2D eigenvalue weighted by atomic mass is 9.87. The molecule has 1 aliphatic carbocycles. The Balaban J connectivity index is 1.82. The van der Waals surface area contributed by atoms with E-state index in [9.17, 15) is 5.11 Å². The van der Waals surface area contributed by atoms with Crippen LogP contribution < -0.4 is 5.73 Å². The van der Waals surface area contributed by atoms with E-state index < -0.39 is 0 Å². The molecule has 0 bridgehead atoms. The lowest BCUT2D eigenvalue weighted by Gasteiger charge is -2.34. The van der Waals surface area contributed by atoms with Crippen LogP contribution in [0.25, 0.3) is 0 Å². The Labute approximate surface area is 129 Å². The van der Waals surface area contributed by atoms with Crippen molar-refractivity contribution in [1.29, 1.82) is 0 Å². The van der Waals surface area contributed by atoms with Gasteiger partial charge in [0.1, 0.15) is 0 Å². The standard InChI is InChI=1S/C16H22N4O2/c17-10-16-18-15(19-22-16)11-20(8-9-21)14-7-3-5-12-4-1-2-6-13(12)14/h1-2,4,6,14,21H,3,5,7-11,17H2. The van der Waals surface area contributed by atoms with E-state index in [0.29, 0.717) is 24.8 Å². The number of hydrogen-bond acceptors (Lipinski definition) is 6. The SMILES string of the molecule is NCc1nc(CN(CCO)C2CCCc3ccccc32)no1. The van der Waals surface area contributed by atoms with Gasteiger partial charge in [-0.25, -0.2) is 0 Å². The maximum atomic E-state index is 9.42. The minimum absolute atomic E-state index is 0.111. The zero-order chi connectivity index (χ0) is 15.4. The summed E-state index contributed by atoms with van der Waals surface area (Å²) in [6.07, 6.45) is 3.36. The quantitative estimate of drug-likeness (QED) is 0.838. The topological polar surface area (TPSA) is 88.4 Å². The second-order valence-corrected chi connectivity index (χ2v) is 5.61. The Morgan fingerprint density at radius 3 is 3.00 bits per heavy atom. The Morgan fingerprint density at radius 1 is 1.36 bits per heavy atom. The van der Waals surface area contributed by atoms with E-state index in [0.717, 1.165) is 19.3 Å². The summed E-state index contributed by atoms with van der Waals surface area (Å²) in [5.74, 6) is 1.07. The summed E-state index contributed by atoms with van der Waals surface area (Å²) in [5, 5.41) is 13.4. The summed E-state index contributed by atoms with van der Waals surface area (Å²) < 4.78 is 5.07. The largest absolute Gasteiger partial charge is 0.395 e. The van der Waals surface area contributed by atoms with Crippen LogP contribution in [0.4, 0.5) is 0 Å². The molecule has 6 nitrogen and oxygen atoms in total. The van der Waals surface area contributed by atoms with Crippen molar-refractivity contribution >= 4 is 0 Å². The third-order valence-electron chi connectivity index (χ3n) is 4.20. The van der Waals surface area contributed by atoms with Gasteiger partial charge in [-0.05, 0) is 30.4 Å². The zero-order valence-corrected chi connectivity index (χ0v) is 12.6. The molecular formula is C16H22N4O2. The lowest BCUT2D eigenvalue weighted by Crippen LogP contribution is -2.33. The predicted octanol–water partition coefficient (Wildman–Crippen LogP) is 1.40. The molecule has 0 fully saturated rings. The van der Waals surface area contributed by atoms with E-state index in [4.69, 9.17) is 10.3 Å². The molecular weight excluding hydrogens is 280 g/mol. The Morgan fingerprint density at radius 2 is 2.23 bits per heavy atom. The molecule has 1 heterocycles. The Kier molecular flexibility index (Phi) is 4.82. The molecule has 0 amide bonds. The number of fused-ring (bicyclic) bond motifs is 1. The second kappa shape index (κ2) is 7.00. The molecule has 1 aromatic carbocycles. The Hall–Kier alpha value is -1.76. The molecule has 0 spiro atoms. The first-order valence-corrected chi connectivity index (χ1v) is 7.76. The average Bonchev–Trinajstić information content (AvgIpc) is 3.02. The summed E-state index contributed by atoms with van der Waals surface area (Å²) >= 11 is 0. The first kappa shape index (κ1) is 15.1. The van der Waals surface area contributed by atoms with Crippen LogP contribution in [0.3, 0.4) is 0 Å². The van der Waals surface area contributed by atoms with Gasteiger partial charge < -0.3 is 15.4 Å². The van der Waals surface area contributed by atoms with Gasteiger partial charge >= 0.3 is 0 Å². The minimum atomic E-state index is 0.111. The molecule has 1 aromatic heterocycles. The van der Waals surface area contributed by atoms with Crippen LogP contribution in [0.5, 0.6) is 0 Å². The molecule has 3 N–H and O–H groups in total. The third-order valence-corrected chi connectivity index (χ3v) is 4.20. The normalized spacial score (nSPS) is 17.7. The van der Waals surface area contributed by atoms with Gasteiger partial charge in [-0.15, -0.1) is 0 Å². The number of aryl methyl sites for hydroxylation is 1. The number of aliphatic hydroxyl groups excluding tert-OH is 1. The molecule has 2 aromatic rings. The predicted molar refractivity (Wildman–Crippen MR) is 81.8 cm³/mol. The molecule has 0 saturated heterocycles. The average molecular weight is 302 g/mol. The molecule has 118 valence electrons. The van der Waals surface area contributed by atoms with E-state index in [1.54, 1.807) is 0 Å². The smallest absolute Gasteiger partial charge is 0.240 e. The maximum absolute atomic E-state index is 9.42. The van der Waals surface area contributed by atoms with Crippen LogP contribution in [0, 0.1) is 0 Å². The van der Waals surface area contributed by atoms with Gasteiger partial charge in [0.05, 0.1) is 19.7 Å². The number of benzene rings is 1. The first-order valence-electron chi connectivity index (χ1n) is 7.76. The van der Waals surface area contributed by atoms with E-state index in [-0.39, 0.29) is 19.2 Å². The van der Waals surface area contributed by atoms with Crippen molar-refractivity contribution in [3.05, 3.63) is 47.1 Å². The number of nitrogens with two attached hydrogens (primary N) is 1. The van der Waals surface area contributed by atoms with Crippen molar-refractivity contribution < 1.29 is 9.63 Å². The minimum Gasteiger partial charge on any atom is -0.395 e. The van der Waals surface area contributed by atoms with Crippen LogP contribution in [0.1, 0.15) is 41.7 Å². The van der Waals surface area contributed by atoms with Crippen molar-refractivity contribution in [3.8, 4) is 0 Å². The summed E-state index contributed by atoms with van der Waals surface area (Å²) in [6, 6.07) is 8.83. The van der Waals surface area contributed by atoms with Crippen LogP contribution in [-0.4, -0.2) is 33.3 Å². The highest BCUT2D eigenvalue weighted by Crippen LogP contribution is 2.34. The molecule has 0 radical (unpaired) electrons. The lowest BCUT2D eigenvalue weighted by molar-refractivity contribution is 0.127. The monoisotopic (exact) mass is 302 g/mol. The van der Waals surface area contributed by atoms with E-state index in [2.05, 4.69) is 39.3 Å². The molecule has 1 unspecified atom stereocenters. The van der Waals surface area contributed by atoms with Crippen molar-refractivity contribution in [2.24, 2.45) is 5.73 Å². The van der Waals surface area contributed by atoms with Gasteiger partial charge in [0.15, 0.2) is 5.82 Å². The summed E-state index contributed by atoms with van der Waals surface area (Å²) in [7, 11) is 0. The van der Waals surface area contributed by atoms with Crippen LogP contribution in [0.2, 0.25) is 0 Å². The molecule has 0 saturated carbocycles. The van der Waals surface area contributed by atoms with Gasteiger partial charge in [0.25, 0.3) is 0 Å². The maximum Gasteiger partial charge on any atom is 0.240 e. The number of hydrogen-bond donors (Lipinski definition) is 2. The van der Waals surface area contributed by atoms with E-state index in [1.807, 2.05) is 0 Å². The van der Waals surface area contributed by atoms with E-state index in [1.165, 1.54) is 11.1 Å². The van der Waals surface area contributed by atoms with Gasteiger partial charge in [-0.1, -0.05) is 29.4 Å². The van der Waals surface area contributed by atoms with Gasteiger partial charge in [-0.3, -0.25) is 4.90 Å². The molecule has 3 rings (SSSR count). The van der Waals surface area contributed by atoms with Crippen molar-refractivity contribution in [2.75, 3.05) is 13.2 Å². The summed E-state index contributed by atoms with van der Waals surface area (Å²) in [4.78, 5) is 6.50. The van der Waals surface area contributed by atoms with Crippen molar-refractivity contribution in [1.82, 2.24) is 15.0 Å². The van der Waals surface area contributed by atoms with Crippen molar-refractivity contribution in [3.63, 3.8) is 0 Å². The molecule has 0 aliphatic heterocycles. The van der Waals surface area contributed by atoms with Crippen LogP contribution in [0.15, 0.2) is 28.8 Å². The number of nitrogens with zero attached hydrogens (tertiary/aromatic N) is 3. The fourth-order valence-electron chi connectivity index (χ4n) is 3.20. The number of aromatic nitrogens is 2. The Bertz CT molecular complexity index is 614. The van der Waals surface area contributed by atoms with Crippen molar-refractivity contribution in [2.45, 2.75) is 38.4 Å². The molecule has 22 heavy (non-hydrogen) atoms. The highest BCUT2D eigenvalue weighted by atomic mass is 16.5.